The van der Waals surface area contributed by atoms with Crippen molar-refractivity contribution in [1.82, 2.24) is 0 Å². The Bertz CT molecular complexity index is 354. The number of carboxylic acid groups (broad SMARTS) is 1. The Morgan fingerprint density at radius 1 is 1.57 bits per heavy atom. The number of hydrogen-bond donors (Lipinski definition) is 3. The van der Waals surface area contributed by atoms with Gasteiger partial charge in [0.05, 0.1) is 6.61 Å². The van der Waals surface area contributed by atoms with Crippen LogP contribution in [-0.2, 0) is 11.4 Å². The molecule has 1 rings (SSSR count). The lowest BCUT2D eigenvalue weighted by atomic mass is 10.0. The van der Waals surface area contributed by atoms with Gasteiger partial charge >= 0.3 is 5.97 Å². The van der Waals surface area contributed by atoms with Crippen LogP contribution in [0.25, 0.3) is 0 Å². The average Bonchev–Trinajstić information content (AvgIpc) is 2.16. The third kappa shape index (κ3) is 2.31. The van der Waals surface area contributed by atoms with E-state index < -0.39 is 12.0 Å². The maximum absolute atomic E-state index is 10.6. The number of halogens is 1. The molecule has 0 unspecified atom stereocenters. The summed E-state index contributed by atoms with van der Waals surface area (Å²) in [5, 5.41) is 17.7. The molecule has 0 aliphatic heterocycles. The summed E-state index contributed by atoms with van der Waals surface area (Å²) in [6.45, 7) is -0.226. The van der Waals surface area contributed by atoms with Crippen molar-refractivity contribution in [2.45, 2.75) is 12.6 Å². The molecule has 14 heavy (non-hydrogen) atoms. The summed E-state index contributed by atoms with van der Waals surface area (Å²) in [7, 11) is 0. The van der Waals surface area contributed by atoms with Gasteiger partial charge in [-0.1, -0.05) is 22.0 Å². The molecule has 76 valence electrons. The molecule has 0 aliphatic carbocycles. The highest BCUT2D eigenvalue weighted by molar-refractivity contribution is 9.10. The summed E-state index contributed by atoms with van der Waals surface area (Å²) < 4.78 is 0.780. The fourth-order valence-corrected chi connectivity index (χ4v) is 1.56. The third-order valence-corrected chi connectivity index (χ3v) is 2.37. The lowest BCUT2D eigenvalue weighted by molar-refractivity contribution is -0.138. The number of rotatable bonds is 3. The highest BCUT2D eigenvalue weighted by Gasteiger charge is 2.17. The summed E-state index contributed by atoms with van der Waals surface area (Å²) >= 11 is 3.22. The normalized spacial score (nSPS) is 12.5. The molecule has 0 radical (unpaired) electrons. The van der Waals surface area contributed by atoms with Gasteiger partial charge in [-0.25, -0.2) is 0 Å². The van der Waals surface area contributed by atoms with Crippen LogP contribution in [0.4, 0.5) is 0 Å². The summed E-state index contributed by atoms with van der Waals surface area (Å²) in [6, 6.07) is 3.84. The topological polar surface area (TPSA) is 83.6 Å². The van der Waals surface area contributed by atoms with E-state index in [9.17, 15) is 4.79 Å². The van der Waals surface area contributed by atoms with Crippen molar-refractivity contribution in [3.63, 3.8) is 0 Å². The highest BCUT2D eigenvalue weighted by Crippen LogP contribution is 2.21. The molecule has 4 N–H and O–H groups in total. The van der Waals surface area contributed by atoms with Gasteiger partial charge in [0, 0.05) is 4.47 Å². The average molecular weight is 260 g/mol. The molecule has 0 aliphatic rings. The van der Waals surface area contributed by atoms with E-state index in [1.54, 1.807) is 18.2 Å². The molecule has 0 aromatic heterocycles. The van der Waals surface area contributed by atoms with E-state index in [1.807, 2.05) is 0 Å². The summed E-state index contributed by atoms with van der Waals surface area (Å²) in [5.74, 6) is -1.11. The number of carboxylic acids is 1. The Hall–Kier alpha value is -0.910. The lowest BCUT2D eigenvalue weighted by Gasteiger charge is -2.11. The second kappa shape index (κ2) is 4.54. The number of aliphatic hydroxyl groups is 1. The number of nitrogens with two attached hydrogens (primary N) is 1. The van der Waals surface area contributed by atoms with Crippen LogP contribution in [-0.4, -0.2) is 16.2 Å². The molecule has 1 aromatic carbocycles. The van der Waals surface area contributed by atoms with Gasteiger partial charge in [-0.05, 0) is 23.3 Å². The Morgan fingerprint density at radius 2 is 2.21 bits per heavy atom. The predicted molar refractivity (Wildman–Crippen MR) is 54.6 cm³/mol. The quantitative estimate of drug-likeness (QED) is 0.757. The van der Waals surface area contributed by atoms with Crippen molar-refractivity contribution in [3.8, 4) is 0 Å². The van der Waals surface area contributed by atoms with E-state index in [0.29, 0.717) is 11.1 Å². The fraction of sp³-hybridized carbons (Fsp3) is 0.222. The smallest absolute Gasteiger partial charge is 0.325 e. The van der Waals surface area contributed by atoms with E-state index in [2.05, 4.69) is 15.9 Å². The molecule has 0 spiro atoms. The van der Waals surface area contributed by atoms with E-state index in [-0.39, 0.29) is 6.61 Å². The number of benzene rings is 1. The van der Waals surface area contributed by atoms with Crippen LogP contribution in [0.15, 0.2) is 22.7 Å². The minimum atomic E-state index is -1.11. The van der Waals surface area contributed by atoms with E-state index in [0.717, 1.165) is 4.47 Å². The summed E-state index contributed by atoms with van der Waals surface area (Å²) in [5.41, 5.74) is 6.39. The molecule has 0 bridgehead atoms. The van der Waals surface area contributed by atoms with Gasteiger partial charge in [0.15, 0.2) is 0 Å². The zero-order valence-electron chi connectivity index (χ0n) is 7.27. The van der Waals surface area contributed by atoms with Crippen LogP contribution in [0.2, 0.25) is 0 Å². The van der Waals surface area contributed by atoms with Crippen LogP contribution in [0.3, 0.4) is 0 Å². The van der Waals surface area contributed by atoms with Crippen LogP contribution >= 0.6 is 15.9 Å². The largest absolute Gasteiger partial charge is 0.480 e. The predicted octanol–water partition coefficient (Wildman–Crippen LogP) is 1.03. The van der Waals surface area contributed by atoms with Crippen molar-refractivity contribution in [3.05, 3.63) is 33.8 Å². The maximum atomic E-state index is 10.6. The van der Waals surface area contributed by atoms with Crippen molar-refractivity contribution in [1.29, 1.82) is 0 Å². The number of hydrogen-bond acceptors (Lipinski definition) is 3. The first-order valence-corrected chi connectivity index (χ1v) is 4.73. The Morgan fingerprint density at radius 3 is 2.71 bits per heavy atom. The first-order chi connectivity index (χ1) is 6.56. The third-order valence-electron chi connectivity index (χ3n) is 1.88. The summed E-state index contributed by atoms with van der Waals surface area (Å²) in [6.07, 6.45) is 0. The van der Waals surface area contributed by atoms with E-state index in [4.69, 9.17) is 15.9 Å². The van der Waals surface area contributed by atoms with Crippen LogP contribution < -0.4 is 5.73 Å². The van der Waals surface area contributed by atoms with Crippen molar-refractivity contribution < 1.29 is 15.0 Å². The highest BCUT2D eigenvalue weighted by atomic mass is 79.9. The maximum Gasteiger partial charge on any atom is 0.325 e. The van der Waals surface area contributed by atoms with E-state index >= 15 is 0 Å². The zero-order chi connectivity index (χ0) is 10.7. The molecule has 0 saturated carbocycles. The SMILES string of the molecule is N[C@@H](C(=O)O)c1ccc(Br)cc1CO. The van der Waals surface area contributed by atoms with Gasteiger partial charge < -0.3 is 15.9 Å². The monoisotopic (exact) mass is 259 g/mol. The fourth-order valence-electron chi connectivity index (χ4n) is 1.15. The molecule has 4 nitrogen and oxygen atoms in total. The van der Waals surface area contributed by atoms with Crippen molar-refractivity contribution >= 4 is 21.9 Å². The minimum Gasteiger partial charge on any atom is -0.480 e. The standard InChI is InChI=1S/C9H10BrNO3/c10-6-1-2-7(5(3-6)4-12)8(11)9(13)14/h1-3,8,12H,4,11H2,(H,13,14)/t8-/m1/s1. The molecule has 1 aromatic rings. The van der Waals surface area contributed by atoms with Gasteiger partial charge in [-0.15, -0.1) is 0 Å². The van der Waals surface area contributed by atoms with E-state index in [1.165, 1.54) is 0 Å². The first-order valence-electron chi connectivity index (χ1n) is 3.94. The minimum absolute atomic E-state index is 0.226. The second-order valence-corrected chi connectivity index (χ2v) is 3.73. The van der Waals surface area contributed by atoms with Crippen molar-refractivity contribution in [2.24, 2.45) is 5.73 Å². The first kappa shape index (κ1) is 11.2. The molecule has 0 saturated heterocycles. The Labute approximate surface area is 89.5 Å². The Balaban J connectivity index is 3.13. The molecule has 1 atom stereocenters. The van der Waals surface area contributed by atoms with Crippen molar-refractivity contribution in [2.75, 3.05) is 0 Å². The molecule has 5 heteroatoms. The molecular formula is C9H10BrNO3. The van der Waals surface area contributed by atoms with Gasteiger partial charge in [0.25, 0.3) is 0 Å². The summed E-state index contributed by atoms with van der Waals surface area (Å²) in [4.78, 5) is 10.6. The van der Waals surface area contributed by atoms with Crippen LogP contribution in [0.1, 0.15) is 17.2 Å². The number of aliphatic hydroxyl groups excluding tert-OH is 1. The zero-order valence-corrected chi connectivity index (χ0v) is 8.86. The number of aliphatic carboxylic acids is 1. The van der Waals surface area contributed by atoms with Crippen LogP contribution in [0.5, 0.6) is 0 Å². The van der Waals surface area contributed by atoms with Gasteiger partial charge in [0.1, 0.15) is 6.04 Å². The molecule has 0 amide bonds. The second-order valence-electron chi connectivity index (χ2n) is 2.82. The van der Waals surface area contributed by atoms with Gasteiger partial charge in [-0.2, -0.15) is 0 Å². The van der Waals surface area contributed by atoms with Crippen LogP contribution in [0, 0.1) is 0 Å². The van der Waals surface area contributed by atoms with Gasteiger partial charge in [0.2, 0.25) is 0 Å². The Kier molecular flexibility index (Phi) is 3.62. The van der Waals surface area contributed by atoms with Gasteiger partial charge in [-0.3, -0.25) is 4.79 Å². The lowest BCUT2D eigenvalue weighted by Crippen LogP contribution is -2.22. The number of carbonyl (C=O) groups is 1. The molecule has 0 heterocycles. The molecule has 0 fully saturated rings. The molecular weight excluding hydrogens is 250 g/mol.